The minimum atomic E-state index is -3.32. The predicted molar refractivity (Wildman–Crippen MR) is 64.0 cm³/mol. The Morgan fingerprint density at radius 3 is 2.38 bits per heavy atom. The van der Waals surface area contributed by atoms with Gasteiger partial charge in [-0.05, 0) is 12.1 Å². The molecule has 2 atom stereocenters. The molecule has 2 aromatic rings. The van der Waals surface area contributed by atoms with Gasteiger partial charge in [-0.15, -0.1) is 5.10 Å². The second kappa shape index (κ2) is 4.42. The van der Waals surface area contributed by atoms with Crippen LogP contribution in [0.1, 0.15) is 6.23 Å². The maximum Gasteiger partial charge on any atom is 0.270 e. The average molecular weight is 299 g/mol. The first-order chi connectivity index (χ1) is 9.76. The van der Waals surface area contributed by atoms with Crippen LogP contribution in [0.2, 0.25) is 0 Å². The van der Waals surface area contributed by atoms with Gasteiger partial charge in [0.15, 0.2) is 12.4 Å². The number of nitrogens with zero attached hydrogens (tertiary/aromatic N) is 3. The van der Waals surface area contributed by atoms with Crippen molar-refractivity contribution in [1.82, 2.24) is 15.0 Å². The molecule has 0 saturated carbocycles. The van der Waals surface area contributed by atoms with Gasteiger partial charge in [0.1, 0.15) is 5.52 Å². The number of rotatable bonds is 2. The smallest absolute Gasteiger partial charge is 0.270 e. The summed E-state index contributed by atoms with van der Waals surface area (Å²) >= 11 is 0. The summed E-state index contributed by atoms with van der Waals surface area (Å²) in [5.74, 6) is -6.56. The lowest BCUT2D eigenvalue weighted by Gasteiger charge is -2.31. The molecule has 6 N–H and O–H groups in total. The Kier molecular flexibility index (Phi) is 3.00. The van der Waals surface area contributed by atoms with Gasteiger partial charge in [0.05, 0.1) is 5.52 Å². The summed E-state index contributed by atoms with van der Waals surface area (Å²) in [4.78, 5) is 0. The number of aromatic nitrogens is 3. The number of fused-ring (bicyclic) bond motifs is 1. The molecule has 114 valence electrons. The monoisotopic (exact) mass is 299 g/mol. The second-order valence-corrected chi connectivity index (χ2v) is 4.80. The fourth-order valence-corrected chi connectivity index (χ4v) is 2.29. The van der Waals surface area contributed by atoms with Crippen molar-refractivity contribution in [3.63, 3.8) is 0 Å². The Bertz CT molecular complexity index is 669. The molecule has 10 nitrogen and oxygen atoms in total. The van der Waals surface area contributed by atoms with E-state index >= 15 is 0 Å². The lowest BCUT2D eigenvalue weighted by atomic mass is 10.0. The van der Waals surface area contributed by atoms with Gasteiger partial charge in [-0.2, -0.15) is 0 Å². The second-order valence-electron chi connectivity index (χ2n) is 4.80. The van der Waals surface area contributed by atoms with Crippen LogP contribution in [0.5, 0.6) is 0 Å². The minimum absolute atomic E-state index is 0.332. The van der Waals surface area contributed by atoms with E-state index in [2.05, 4.69) is 10.3 Å². The SMILES string of the molecule is OC(O)[C@H]1O[C@@H](n2nnc3ccccc32)C(O)(O)C1(O)O. The third-order valence-corrected chi connectivity index (χ3v) is 3.43. The van der Waals surface area contributed by atoms with E-state index < -0.39 is 30.2 Å². The summed E-state index contributed by atoms with van der Waals surface area (Å²) < 4.78 is 5.88. The highest BCUT2D eigenvalue weighted by Crippen LogP contribution is 2.43. The lowest BCUT2D eigenvalue weighted by Crippen LogP contribution is -2.60. The summed E-state index contributed by atoms with van der Waals surface area (Å²) in [7, 11) is 0. The number of ether oxygens (including phenoxy) is 1. The molecule has 1 aliphatic heterocycles. The standard InChI is InChI=1S/C11H13N3O7/c15-8(16)7-10(17,18)11(19,20)9(21-7)14-6-4-2-1-3-5(6)12-13-14/h1-4,7-9,15-20H/t7-,9-/m1/s1. The molecule has 1 aromatic heterocycles. The van der Waals surface area contributed by atoms with Gasteiger partial charge in [-0.3, -0.25) is 0 Å². The quantitative estimate of drug-likeness (QED) is 0.317. The number of aliphatic hydroxyl groups is 6. The van der Waals surface area contributed by atoms with E-state index in [4.69, 9.17) is 14.9 Å². The Morgan fingerprint density at radius 1 is 1.10 bits per heavy atom. The number of aliphatic hydroxyl groups excluding tert-OH is 1. The van der Waals surface area contributed by atoms with Gasteiger partial charge in [0, 0.05) is 0 Å². The first-order valence-corrected chi connectivity index (χ1v) is 5.98. The molecule has 1 aromatic carbocycles. The van der Waals surface area contributed by atoms with Crippen LogP contribution in [-0.4, -0.2) is 69.6 Å². The average Bonchev–Trinajstić information content (AvgIpc) is 2.89. The Labute approximate surface area is 117 Å². The largest absolute Gasteiger partial charge is 0.366 e. The zero-order valence-electron chi connectivity index (χ0n) is 10.5. The number of para-hydroxylation sites is 1. The van der Waals surface area contributed by atoms with Crippen molar-refractivity contribution in [1.29, 1.82) is 0 Å². The van der Waals surface area contributed by atoms with Crippen LogP contribution in [-0.2, 0) is 4.74 Å². The summed E-state index contributed by atoms with van der Waals surface area (Å²) in [6.07, 6.45) is -6.22. The Morgan fingerprint density at radius 2 is 1.76 bits per heavy atom. The molecule has 0 unspecified atom stereocenters. The van der Waals surface area contributed by atoms with Crippen molar-refractivity contribution < 1.29 is 35.4 Å². The topological polar surface area (TPSA) is 161 Å². The van der Waals surface area contributed by atoms with Crippen molar-refractivity contribution in [2.75, 3.05) is 0 Å². The van der Waals surface area contributed by atoms with Gasteiger partial charge >= 0.3 is 0 Å². The Balaban J connectivity index is 2.10. The molecule has 1 aliphatic rings. The van der Waals surface area contributed by atoms with E-state index in [-0.39, 0.29) is 0 Å². The van der Waals surface area contributed by atoms with E-state index in [1.165, 1.54) is 0 Å². The molecule has 1 fully saturated rings. The van der Waals surface area contributed by atoms with Crippen molar-refractivity contribution in [2.45, 2.75) is 30.2 Å². The van der Waals surface area contributed by atoms with E-state index in [0.29, 0.717) is 11.0 Å². The van der Waals surface area contributed by atoms with Crippen LogP contribution in [0.25, 0.3) is 11.0 Å². The normalized spacial score (nSPS) is 27.6. The summed E-state index contributed by atoms with van der Waals surface area (Å²) in [5, 5.41) is 65.0. The van der Waals surface area contributed by atoms with Crippen LogP contribution < -0.4 is 0 Å². The van der Waals surface area contributed by atoms with Gasteiger partial charge in [-0.25, -0.2) is 4.68 Å². The van der Waals surface area contributed by atoms with Crippen LogP contribution >= 0.6 is 0 Å². The van der Waals surface area contributed by atoms with E-state index in [1.807, 2.05) is 0 Å². The number of benzene rings is 1. The molecular weight excluding hydrogens is 286 g/mol. The summed E-state index contributed by atoms with van der Waals surface area (Å²) in [5.41, 5.74) is 0.741. The number of hydrogen-bond donors (Lipinski definition) is 6. The van der Waals surface area contributed by atoms with E-state index in [0.717, 1.165) is 4.68 Å². The van der Waals surface area contributed by atoms with Gasteiger partial charge in [0.2, 0.25) is 6.23 Å². The van der Waals surface area contributed by atoms with Crippen LogP contribution in [0.15, 0.2) is 24.3 Å². The molecule has 10 heteroatoms. The van der Waals surface area contributed by atoms with Crippen LogP contribution in [0.3, 0.4) is 0 Å². The summed E-state index contributed by atoms with van der Waals surface area (Å²) in [6.45, 7) is 0. The van der Waals surface area contributed by atoms with Crippen LogP contribution in [0, 0.1) is 0 Å². The van der Waals surface area contributed by atoms with Gasteiger partial charge < -0.3 is 35.4 Å². The number of hydrogen-bond acceptors (Lipinski definition) is 9. The first kappa shape index (κ1) is 14.3. The van der Waals surface area contributed by atoms with Crippen molar-refractivity contribution in [3.05, 3.63) is 24.3 Å². The molecule has 0 bridgehead atoms. The highest BCUT2D eigenvalue weighted by atomic mass is 16.7. The molecule has 21 heavy (non-hydrogen) atoms. The molecular formula is C11H13N3O7. The molecule has 3 rings (SSSR count). The van der Waals surface area contributed by atoms with Crippen molar-refractivity contribution in [3.8, 4) is 0 Å². The zero-order valence-corrected chi connectivity index (χ0v) is 10.5. The Hall–Kier alpha value is -1.66. The van der Waals surface area contributed by atoms with Crippen LogP contribution in [0.4, 0.5) is 0 Å². The van der Waals surface area contributed by atoms with Gasteiger partial charge in [-0.1, -0.05) is 17.3 Å². The first-order valence-electron chi connectivity index (χ1n) is 5.98. The zero-order chi connectivity index (χ0) is 15.4. The fourth-order valence-electron chi connectivity index (χ4n) is 2.29. The highest BCUT2D eigenvalue weighted by molar-refractivity contribution is 5.74. The maximum absolute atomic E-state index is 9.95. The van der Waals surface area contributed by atoms with Gasteiger partial charge in [0.25, 0.3) is 11.6 Å². The molecule has 2 heterocycles. The van der Waals surface area contributed by atoms with E-state index in [9.17, 15) is 20.4 Å². The molecule has 0 amide bonds. The van der Waals surface area contributed by atoms with Crippen molar-refractivity contribution >= 4 is 11.0 Å². The maximum atomic E-state index is 9.95. The highest BCUT2D eigenvalue weighted by Gasteiger charge is 2.68. The molecule has 1 saturated heterocycles. The third-order valence-electron chi connectivity index (χ3n) is 3.43. The predicted octanol–water partition coefficient (Wildman–Crippen LogP) is -3.00. The summed E-state index contributed by atoms with van der Waals surface area (Å²) in [6, 6.07) is 6.48. The fraction of sp³-hybridized carbons (Fsp3) is 0.455. The van der Waals surface area contributed by atoms with E-state index in [1.54, 1.807) is 24.3 Å². The lowest BCUT2D eigenvalue weighted by molar-refractivity contribution is -0.363. The molecule has 0 radical (unpaired) electrons. The third kappa shape index (κ3) is 1.86. The molecule has 0 spiro atoms. The minimum Gasteiger partial charge on any atom is -0.366 e. The van der Waals surface area contributed by atoms with Crippen molar-refractivity contribution in [2.24, 2.45) is 0 Å². The molecule has 0 aliphatic carbocycles.